The highest BCUT2D eigenvalue weighted by Crippen LogP contribution is 2.27. The molecular weight excluding hydrogens is 322 g/mol. The number of hydrogen-bond acceptors (Lipinski definition) is 5. The average molecular weight is 341 g/mol. The van der Waals surface area contributed by atoms with Gasteiger partial charge in [0.25, 0.3) is 0 Å². The lowest BCUT2D eigenvalue weighted by atomic mass is 10.0. The highest BCUT2D eigenvalue weighted by atomic mass is 32.2. The lowest BCUT2D eigenvalue weighted by Crippen LogP contribution is -2.10. The fraction of sp³-hybridized carbons (Fsp3) is 0.222. The van der Waals surface area contributed by atoms with E-state index in [4.69, 9.17) is 0 Å². The van der Waals surface area contributed by atoms with E-state index in [2.05, 4.69) is 41.3 Å². The van der Waals surface area contributed by atoms with Crippen LogP contribution < -0.4 is 5.32 Å². The maximum absolute atomic E-state index is 11.8. The van der Waals surface area contributed by atoms with E-state index in [9.17, 15) is 8.42 Å². The molecule has 1 atom stereocenters. The third-order valence-electron chi connectivity index (χ3n) is 4.04. The smallest absolute Gasteiger partial charge is 0.175 e. The van der Waals surface area contributed by atoms with Crippen LogP contribution in [-0.4, -0.2) is 24.6 Å². The molecule has 0 amide bonds. The molecule has 0 fully saturated rings. The number of anilines is 1. The fourth-order valence-corrected chi connectivity index (χ4v) is 3.38. The molecule has 1 heterocycles. The van der Waals surface area contributed by atoms with Crippen LogP contribution in [0.15, 0.2) is 53.7 Å². The number of nitrogens with one attached hydrogen (secondary N) is 1. The molecule has 0 spiro atoms. The molecule has 3 rings (SSSR count). The summed E-state index contributed by atoms with van der Waals surface area (Å²) in [4.78, 5) is 8.79. The topological polar surface area (TPSA) is 72.0 Å². The van der Waals surface area contributed by atoms with E-state index in [1.165, 1.54) is 23.7 Å². The van der Waals surface area contributed by atoms with E-state index < -0.39 is 9.84 Å². The summed E-state index contributed by atoms with van der Waals surface area (Å²) in [7, 11) is -3.28. The van der Waals surface area contributed by atoms with E-state index in [-0.39, 0.29) is 10.9 Å². The van der Waals surface area contributed by atoms with E-state index in [0.717, 1.165) is 0 Å². The molecule has 2 aromatic carbocycles. The van der Waals surface area contributed by atoms with Crippen molar-refractivity contribution < 1.29 is 8.42 Å². The van der Waals surface area contributed by atoms with Crippen LogP contribution in [-0.2, 0) is 9.84 Å². The lowest BCUT2D eigenvalue weighted by molar-refractivity contribution is 0.602. The predicted molar refractivity (Wildman–Crippen MR) is 95.9 cm³/mol. The molecule has 1 unspecified atom stereocenters. The number of nitrogens with zero attached hydrogens (tertiary/aromatic N) is 2. The van der Waals surface area contributed by atoms with Gasteiger partial charge in [-0.15, -0.1) is 0 Å². The number of rotatable bonds is 4. The first-order valence-electron chi connectivity index (χ1n) is 7.63. The van der Waals surface area contributed by atoms with Gasteiger partial charge in [0.2, 0.25) is 0 Å². The quantitative estimate of drug-likeness (QED) is 0.786. The summed E-state index contributed by atoms with van der Waals surface area (Å²) >= 11 is 0. The van der Waals surface area contributed by atoms with Crippen molar-refractivity contribution in [2.24, 2.45) is 0 Å². The molecule has 5 nitrogen and oxygen atoms in total. The van der Waals surface area contributed by atoms with Crippen molar-refractivity contribution in [3.63, 3.8) is 0 Å². The molecule has 0 radical (unpaired) electrons. The third-order valence-corrected chi connectivity index (χ3v) is 5.15. The van der Waals surface area contributed by atoms with E-state index in [0.29, 0.717) is 16.7 Å². The van der Waals surface area contributed by atoms with Crippen LogP contribution in [0.4, 0.5) is 5.82 Å². The Hall–Kier alpha value is -2.47. The van der Waals surface area contributed by atoms with E-state index in [1.54, 1.807) is 18.2 Å². The lowest BCUT2D eigenvalue weighted by Gasteiger charge is -2.18. The van der Waals surface area contributed by atoms with Crippen LogP contribution in [0.3, 0.4) is 0 Å². The minimum atomic E-state index is -3.28. The molecule has 124 valence electrons. The first-order chi connectivity index (χ1) is 11.4. The largest absolute Gasteiger partial charge is 0.363 e. The van der Waals surface area contributed by atoms with Gasteiger partial charge in [0, 0.05) is 11.6 Å². The van der Waals surface area contributed by atoms with Crippen LogP contribution in [0.2, 0.25) is 0 Å². The Kier molecular flexibility index (Phi) is 4.24. The summed E-state index contributed by atoms with van der Waals surface area (Å²) in [6.07, 6.45) is 2.68. The molecular formula is C18H19N3O2S. The molecule has 24 heavy (non-hydrogen) atoms. The normalized spacial score (nSPS) is 13.0. The molecule has 0 bridgehead atoms. The Bertz CT molecular complexity index is 1000. The number of hydrogen-bond donors (Lipinski definition) is 1. The van der Waals surface area contributed by atoms with Gasteiger partial charge in [-0.1, -0.05) is 24.3 Å². The van der Waals surface area contributed by atoms with Gasteiger partial charge in [-0.25, -0.2) is 18.4 Å². The molecule has 3 aromatic rings. The Morgan fingerprint density at radius 1 is 1.08 bits per heavy atom. The van der Waals surface area contributed by atoms with Gasteiger partial charge < -0.3 is 5.32 Å². The second kappa shape index (κ2) is 6.20. The van der Waals surface area contributed by atoms with Crippen LogP contribution in [0.1, 0.15) is 24.1 Å². The van der Waals surface area contributed by atoms with Crippen molar-refractivity contribution >= 4 is 26.6 Å². The summed E-state index contributed by atoms with van der Waals surface area (Å²) in [5, 5.41) is 4.07. The van der Waals surface area contributed by atoms with Crippen LogP contribution in [0, 0.1) is 6.92 Å². The summed E-state index contributed by atoms with van der Waals surface area (Å²) < 4.78 is 23.6. The number of benzene rings is 2. The van der Waals surface area contributed by atoms with Crippen molar-refractivity contribution in [3.05, 3.63) is 59.9 Å². The molecule has 6 heteroatoms. The zero-order chi connectivity index (χ0) is 17.3. The molecule has 1 N–H and O–H groups in total. The maximum atomic E-state index is 11.8. The van der Waals surface area contributed by atoms with Crippen molar-refractivity contribution in [3.8, 4) is 0 Å². The van der Waals surface area contributed by atoms with Gasteiger partial charge in [0.05, 0.1) is 16.5 Å². The van der Waals surface area contributed by atoms with Crippen LogP contribution in [0.25, 0.3) is 10.9 Å². The number of fused-ring (bicyclic) bond motifs is 1. The summed E-state index contributed by atoms with van der Waals surface area (Å²) in [6.45, 7) is 4.12. The number of aryl methyl sites for hydroxylation is 1. The van der Waals surface area contributed by atoms with Gasteiger partial charge in [0.15, 0.2) is 9.84 Å². The Morgan fingerprint density at radius 2 is 1.83 bits per heavy atom. The zero-order valence-electron chi connectivity index (χ0n) is 13.8. The summed E-state index contributed by atoms with van der Waals surface area (Å²) in [5.41, 5.74) is 3.06. The summed E-state index contributed by atoms with van der Waals surface area (Å²) in [6, 6.07) is 13.1. The summed E-state index contributed by atoms with van der Waals surface area (Å²) in [5.74, 6) is 0.626. The van der Waals surface area contributed by atoms with Crippen molar-refractivity contribution in [1.82, 2.24) is 9.97 Å². The molecule has 0 aliphatic rings. The molecule has 0 aliphatic heterocycles. The van der Waals surface area contributed by atoms with Crippen molar-refractivity contribution in [2.45, 2.75) is 24.8 Å². The number of sulfone groups is 1. The molecule has 0 aliphatic carbocycles. The third kappa shape index (κ3) is 3.23. The second-order valence-electron chi connectivity index (χ2n) is 5.90. The highest BCUT2D eigenvalue weighted by Gasteiger charge is 2.14. The van der Waals surface area contributed by atoms with E-state index in [1.807, 2.05) is 12.1 Å². The molecule has 0 saturated heterocycles. The highest BCUT2D eigenvalue weighted by molar-refractivity contribution is 7.90. The minimum absolute atomic E-state index is 0.0335. The second-order valence-corrected chi connectivity index (χ2v) is 7.91. The Balaban J connectivity index is 2.04. The first kappa shape index (κ1) is 16.4. The van der Waals surface area contributed by atoms with Gasteiger partial charge >= 0.3 is 0 Å². The number of aromatic nitrogens is 2. The van der Waals surface area contributed by atoms with Crippen molar-refractivity contribution in [2.75, 3.05) is 11.6 Å². The van der Waals surface area contributed by atoms with Crippen molar-refractivity contribution in [1.29, 1.82) is 0 Å². The SMILES string of the molecule is Cc1ccccc1C(C)Nc1ncnc2ccc(S(C)(=O)=O)cc12. The zero-order valence-corrected chi connectivity index (χ0v) is 14.6. The van der Waals surface area contributed by atoms with Gasteiger partial charge in [-0.05, 0) is 43.2 Å². The Morgan fingerprint density at radius 3 is 2.54 bits per heavy atom. The Labute approximate surface area is 141 Å². The minimum Gasteiger partial charge on any atom is -0.363 e. The van der Waals surface area contributed by atoms with Gasteiger partial charge in [-0.2, -0.15) is 0 Å². The predicted octanol–water partition coefficient (Wildman–Crippen LogP) is 3.51. The fourth-order valence-electron chi connectivity index (χ4n) is 2.74. The first-order valence-corrected chi connectivity index (χ1v) is 9.52. The average Bonchev–Trinajstić information content (AvgIpc) is 2.54. The maximum Gasteiger partial charge on any atom is 0.175 e. The molecule has 0 saturated carbocycles. The monoisotopic (exact) mass is 341 g/mol. The van der Waals surface area contributed by atoms with Crippen LogP contribution >= 0.6 is 0 Å². The van der Waals surface area contributed by atoms with Crippen LogP contribution in [0.5, 0.6) is 0 Å². The standard InChI is InChI=1S/C18H19N3O2S/c1-12-6-4-5-7-15(12)13(2)21-18-16-10-14(24(3,22)23)8-9-17(16)19-11-20-18/h4-11,13H,1-3H3,(H,19,20,21). The van der Waals surface area contributed by atoms with Gasteiger partial charge in [-0.3, -0.25) is 0 Å². The van der Waals surface area contributed by atoms with E-state index >= 15 is 0 Å². The van der Waals surface area contributed by atoms with Gasteiger partial charge in [0.1, 0.15) is 12.1 Å². The molecule has 1 aromatic heterocycles.